The molecular formula is C31H40F2N2S. The predicted octanol–water partition coefficient (Wildman–Crippen LogP) is 9.73. The van der Waals surface area contributed by atoms with E-state index in [9.17, 15) is 9.65 Å². The Kier molecular flexibility index (Phi) is 9.17. The molecule has 5 heteroatoms. The Bertz CT molecular complexity index is 1240. The van der Waals surface area contributed by atoms with Gasteiger partial charge in [0.05, 0.1) is 10.3 Å². The molecule has 0 bridgehead atoms. The van der Waals surface area contributed by atoms with Gasteiger partial charge >= 0.3 is 0 Å². The van der Waals surface area contributed by atoms with Crippen LogP contribution in [-0.2, 0) is 0 Å². The molecule has 1 aromatic heterocycles. The molecule has 1 heterocycles. The highest BCUT2D eigenvalue weighted by atomic mass is 32.1. The third-order valence-corrected chi connectivity index (χ3v) is 8.77. The zero-order valence-electron chi connectivity index (χ0n) is 23.0. The quantitative estimate of drug-likeness (QED) is 0.336. The number of nitrogens with zero attached hydrogens (tertiary/aromatic N) is 2. The number of fused-ring (bicyclic) bond motifs is 1. The molecule has 3 rings (SSSR count). The number of benzene rings is 1. The van der Waals surface area contributed by atoms with Crippen molar-refractivity contribution in [3.05, 3.63) is 63.2 Å². The van der Waals surface area contributed by atoms with Crippen LogP contribution in [0.15, 0.2) is 41.4 Å². The van der Waals surface area contributed by atoms with Crippen LogP contribution in [0.3, 0.4) is 0 Å². The van der Waals surface area contributed by atoms with Gasteiger partial charge in [0, 0.05) is 34.1 Å². The van der Waals surface area contributed by atoms with Crippen molar-refractivity contribution in [1.82, 2.24) is 4.90 Å². The standard InChI is InChI=1S/C31H40F2N2S/c1-9-35(28(19(4)5)15-10-18(2)3)21(8)22-11-12-23(27(33)16-22)24-13-14-26(32)31-29(24)25(17-34)30(36-31)20(6)7/h12-14,16,18-20,28H,9-11,15H2,1-8H3/b22-21-. The van der Waals surface area contributed by atoms with Gasteiger partial charge in [-0.1, -0.05) is 53.7 Å². The minimum atomic E-state index is -0.362. The van der Waals surface area contributed by atoms with Crippen molar-refractivity contribution in [2.45, 2.75) is 86.6 Å². The molecule has 0 fully saturated rings. The highest BCUT2D eigenvalue weighted by Crippen LogP contribution is 2.43. The third kappa shape index (κ3) is 5.59. The van der Waals surface area contributed by atoms with E-state index in [1.165, 1.54) is 17.4 Å². The van der Waals surface area contributed by atoms with Gasteiger partial charge in [-0.25, -0.2) is 8.78 Å². The second-order valence-corrected chi connectivity index (χ2v) is 12.0. The summed E-state index contributed by atoms with van der Waals surface area (Å²) in [6.07, 6.45) is 6.42. The third-order valence-electron chi connectivity index (χ3n) is 7.27. The number of rotatable bonds is 9. The number of thiophene rings is 1. The van der Waals surface area contributed by atoms with Gasteiger partial charge in [-0.15, -0.1) is 11.3 Å². The molecule has 194 valence electrons. The summed E-state index contributed by atoms with van der Waals surface area (Å²) in [7, 11) is 0. The van der Waals surface area contributed by atoms with E-state index in [0.29, 0.717) is 51.1 Å². The van der Waals surface area contributed by atoms with Crippen molar-refractivity contribution in [3.8, 4) is 6.07 Å². The van der Waals surface area contributed by atoms with Crippen LogP contribution in [0.2, 0.25) is 0 Å². The van der Waals surface area contributed by atoms with Gasteiger partial charge in [0.1, 0.15) is 17.7 Å². The molecule has 1 atom stereocenters. The molecule has 0 saturated carbocycles. The summed E-state index contributed by atoms with van der Waals surface area (Å²) in [6.45, 7) is 18.2. The van der Waals surface area contributed by atoms with Crippen molar-refractivity contribution in [1.29, 1.82) is 5.26 Å². The summed E-state index contributed by atoms with van der Waals surface area (Å²) in [5.74, 6) is 0.540. The van der Waals surface area contributed by atoms with E-state index in [-0.39, 0.29) is 17.6 Å². The molecule has 1 aliphatic rings. The van der Waals surface area contributed by atoms with E-state index in [1.807, 2.05) is 19.9 Å². The molecule has 0 amide bonds. The molecule has 2 nitrogen and oxygen atoms in total. The van der Waals surface area contributed by atoms with Crippen LogP contribution >= 0.6 is 11.3 Å². The van der Waals surface area contributed by atoms with E-state index in [4.69, 9.17) is 0 Å². The van der Waals surface area contributed by atoms with Gasteiger partial charge < -0.3 is 4.90 Å². The van der Waals surface area contributed by atoms with Crippen molar-refractivity contribution in [2.75, 3.05) is 6.54 Å². The fourth-order valence-electron chi connectivity index (χ4n) is 5.28. The summed E-state index contributed by atoms with van der Waals surface area (Å²) in [5, 5.41) is 10.4. The highest BCUT2D eigenvalue weighted by molar-refractivity contribution is 7.19. The molecule has 1 aromatic carbocycles. The number of nitriles is 1. The SMILES string of the molecule is CCN(/C(C)=C1\C=C(F)C(c2ccc(F)c3sc(C(C)C)c(C#N)c23)=CC1)C(CCC(C)C)C(C)C. The van der Waals surface area contributed by atoms with Crippen LogP contribution < -0.4 is 0 Å². The largest absolute Gasteiger partial charge is 0.372 e. The molecule has 1 aliphatic carbocycles. The molecule has 0 N–H and O–H groups in total. The highest BCUT2D eigenvalue weighted by Gasteiger charge is 2.26. The van der Waals surface area contributed by atoms with Crippen LogP contribution in [0.1, 0.15) is 96.6 Å². The maximum Gasteiger partial charge on any atom is 0.141 e. The lowest BCUT2D eigenvalue weighted by Gasteiger charge is -2.38. The van der Waals surface area contributed by atoms with Gasteiger partial charge in [-0.2, -0.15) is 5.26 Å². The zero-order chi connectivity index (χ0) is 26.7. The van der Waals surface area contributed by atoms with Crippen LogP contribution in [0.4, 0.5) is 8.78 Å². The number of hydrogen-bond donors (Lipinski definition) is 0. The lowest BCUT2D eigenvalue weighted by Crippen LogP contribution is -2.38. The Morgan fingerprint density at radius 3 is 2.33 bits per heavy atom. The molecular weight excluding hydrogens is 470 g/mol. The first-order chi connectivity index (χ1) is 17.0. The van der Waals surface area contributed by atoms with Crippen molar-refractivity contribution >= 4 is 27.0 Å². The molecule has 0 saturated heterocycles. The first kappa shape index (κ1) is 28.1. The maximum absolute atomic E-state index is 15.7. The van der Waals surface area contributed by atoms with Crippen LogP contribution in [0.5, 0.6) is 0 Å². The van der Waals surface area contributed by atoms with Crippen molar-refractivity contribution in [2.24, 2.45) is 11.8 Å². The molecule has 0 aliphatic heterocycles. The van der Waals surface area contributed by atoms with Gasteiger partial charge in [0.25, 0.3) is 0 Å². The fraction of sp³-hybridized carbons (Fsp3) is 0.516. The summed E-state index contributed by atoms with van der Waals surface area (Å²) >= 11 is 1.30. The first-order valence-electron chi connectivity index (χ1n) is 13.2. The number of halogens is 2. The smallest absolute Gasteiger partial charge is 0.141 e. The van der Waals surface area contributed by atoms with E-state index >= 15 is 4.39 Å². The monoisotopic (exact) mass is 510 g/mol. The Hall–Kier alpha value is -2.45. The normalized spacial score (nSPS) is 16.4. The topological polar surface area (TPSA) is 27.0 Å². The fourth-order valence-corrected chi connectivity index (χ4v) is 6.46. The number of allylic oxidation sites excluding steroid dienone is 6. The molecule has 2 aromatic rings. The van der Waals surface area contributed by atoms with Crippen LogP contribution in [0.25, 0.3) is 15.7 Å². The van der Waals surface area contributed by atoms with E-state index in [0.717, 1.165) is 35.5 Å². The molecule has 0 spiro atoms. The Balaban J connectivity index is 2.04. The van der Waals surface area contributed by atoms with Gasteiger partial charge in [0.2, 0.25) is 0 Å². The van der Waals surface area contributed by atoms with E-state index in [1.54, 1.807) is 12.1 Å². The van der Waals surface area contributed by atoms with Gasteiger partial charge in [0.15, 0.2) is 0 Å². The van der Waals surface area contributed by atoms with Crippen LogP contribution in [0, 0.1) is 29.0 Å². The summed E-state index contributed by atoms with van der Waals surface area (Å²) in [6, 6.07) is 5.69. The maximum atomic E-state index is 15.7. The minimum Gasteiger partial charge on any atom is -0.372 e. The number of hydrogen-bond acceptors (Lipinski definition) is 3. The van der Waals surface area contributed by atoms with E-state index in [2.05, 4.69) is 52.5 Å². The Morgan fingerprint density at radius 1 is 1.11 bits per heavy atom. The Morgan fingerprint density at radius 2 is 1.81 bits per heavy atom. The van der Waals surface area contributed by atoms with Gasteiger partial charge in [-0.3, -0.25) is 0 Å². The van der Waals surface area contributed by atoms with Crippen LogP contribution in [-0.4, -0.2) is 17.5 Å². The summed E-state index contributed by atoms with van der Waals surface area (Å²) in [4.78, 5) is 3.28. The first-order valence-corrected chi connectivity index (χ1v) is 14.0. The second-order valence-electron chi connectivity index (χ2n) is 10.9. The molecule has 0 radical (unpaired) electrons. The van der Waals surface area contributed by atoms with E-state index < -0.39 is 0 Å². The Labute approximate surface area is 220 Å². The van der Waals surface area contributed by atoms with Gasteiger partial charge in [-0.05, 0) is 74.1 Å². The average molecular weight is 511 g/mol. The molecule has 1 unspecified atom stereocenters. The van der Waals surface area contributed by atoms with Crippen molar-refractivity contribution in [3.63, 3.8) is 0 Å². The lowest BCUT2D eigenvalue weighted by molar-refractivity contribution is 0.188. The second kappa shape index (κ2) is 11.7. The average Bonchev–Trinajstić information content (AvgIpc) is 3.22. The lowest BCUT2D eigenvalue weighted by atomic mass is 9.90. The molecule has 36 heavy (non-hydrogen) atoms. The van der Waals surface area contributed by atoms with Crippen molar-refractivity contribution < 1.29 is 8.78 Å². The predicted molar refractivity (Wildman–Crippen MR) is 150 cm³/mol. The zero-order valence-corrected chi connectivity index (χ0v) is 23.8. The summed E-state index contributed by atoms with van der Waals surface area (Å²) in [5.41, 5.74) is 3.60. The minimum absolute atomic E-state index is 0.0897. The summed E-state index contributed by atoms with van der Waals surface area (Å²) < 4.78 is 30.9.